The fraction of sp³-hybridized carbons (Fsp3) is 0.478. The van der Waals surface area contributed by atoms with Crippen LogP contribution in [0, 0.1) is 5.92 Å². The molecule has 30 heavy (non-hydrogen) atoms. The summed E-state index contributed by atoms with van der Waals surface area (Å²) in [6, 6.07) is 7.83. The van der Waals surface area contributed by atoms with Crippen LogP contribution in [0.2, 0.25) is 0 Å². The molecule has 2 amide bonds. The number of carbonyl (C=O) groups excluding carboxylic acids is 2. The van der Waals surface area contributed by atoms with Crippen LogP contribution in [0.5, 0.6) is 0 Å². The van der Waals surface area contributed by atoms with Crippen molar-refractivity contribution in [3.05, 3.63) is 46.5 Å². The lowest BCUT2D eigenvalue weighted by Gasteiger charge is -2.44. The van der Waals surface area contributed by atoms with Crippen LogP contribution in [0.1, 0.15) is 54.9 Å². The molecule has 1 atom stereocenters. The summed E-state index contributed by atoms with van der Waals surface area (Å²) < 4.78 is 7.47. The maximum Gasteiger partial charge on any atom is 0.271 e. The highest BCUT2D eigenvalue weighted by molar-refractivity contribution is 7.09. The van der Waals surface area contributed by atoms with Gasteiger partial charge in [0.2, 0.25) is 5.91 Å². The van der Waals surface area contributed by atoms with Gasteiger partial charge >= 0.3 is 0 Å². The van der Waals surface area contributed by atoms with Gasteiger partial charge in [0.05, 0.1) is 24.9 Å². The number of hydrogen-bond donors (Lipinski definition) is 1. The van der Waals surface area contributed by atoms with Crippen LogP contribution in [0.25, 0.3) is 11.1 Å². The average molecular weight is 426 g/mol. The topological polar surface area (TPSA) is 67.5 Å². The van der Waals surface area contributed by atoms with Crippen LogP contribution in [0.3, 0.4) is 0 Å². The van der Waals surface area contributed by atoms with E-state index in [0.717, 1.165) is 42.0 Å². The second kappa shape index (κ2) is 7.30. The molecule has 6 nitrogen and oxygen atoms in total. The van der Waals surface area contributed by atoms with Crippen molar-refractivity contribution in [2.24, 2.45) is 5.92 Å². The Balaban J connectivity index is 1.50. The zero-order chi connectivity index (χ0) is 20.9. The summed E-state index contributed by atoms with van der Waals surface area (Å²) in [5.41, 5.74) is 1.15. The molecule has 0 spiro atoms. The minimum atomic E-state index is -0.972. The molecule has 7 heteroatoms. The molecule has 0 aromatic carbocycles. The van der Waals surface area contributed by atoms with Gasteiger partial charge in [0.1, 0.15) is 11.2 Å². The molecule has 2 aliphatic rings. The van der Waals surface area contributed by atoms with E-state index in [-0.39, 0.29) is 17.9 Å². The van der Waals surface area contributed by atoms with Gasteiger partial charge in [-0.3, -0.25) is 9.59 Å². The highest BCUT2D eigenvalue weighted by atomic mass is 32.1. The Bertz CT molecular complexity index is 1070. The molecule has 5 rings (SSSR count). The van der Waals surface area contributed by atoms with E-state index in [9.17, 15) is 9.59 Å². The Morgan fingerprint density at radius 3 is 2.83 bits per heavy atom. The summed E-state index contributed by atoms with van der Waals surface area (Å²) in [7, 11) is 0. The number of thiophene rings is 1. The van der Waals surface area contributed by atoms with Crippen LogP contribution in [0.4, 0.5) is 0 Å². The Hall–Kier alpha value is -2.54. The first-order valence-corrected chi connectivity index (χ1v) is 11.6. The molecule has 1 N–H and O–H groups in total. The minimum Gasteiger partial charge on any atom is -0.463 e. The zero-order valence-electron chi connectivity index (χ0n) is 17.4. The Kier molecular flexibility index (Phi) is 4.73. The minimum absolute atomic E-state index is 0.0667. The lowest BCUT2D eigenvalue weighted by molar-refractivity contribution is -0.134. The third-order valence-corrected chi connectivity index (χ3v) is 7.64. The fourth-order valence-corrected chi connectivity index (χ4v) is 5.52. The highest BCUT2D eigenvalue weighted by Crippen LogP contribution is 2.35. The van der Waals surface area contributed by atoms with E-state index in [0.29, 0.717) is 24.4 Å². The normalized spacial score (nSPS) is 26.7. The molecular weight excluding hydrogens is 398 g/mol. The summed E-state index contributed by atoms with van der Waals surface area (Å²) in [5.74, 6) is 0.524. The van der Waals surface area contributed by atoms with Crippen LogP contribution in [-0.4, -0.2) is 32.9 Å². The SMILES string of the molecule is CC1CCC(NC(=O)[C@]2(C)Cn3c(cc4occc43)C(=O)N2Cc2cccs2)CC1. The molecule has 3 aromatic heterocycles. The van der Waals surface area contributed by atoms with Gasteiger partial charge in [-0.25, -0.2) is 0 Å². The number of furan rings is 1. The van der Waals surface area contributed by atoms with Crippen molar-refractivity contribution in [3.63, 3.8) is 0 Å². The molecule has 0 radical (unpaired) electrons. The quantitative estimate of drug-likeness (QED) is 0.673. The summed E-state index contributed by atoms with van der Waals surface area (Å²) in [6.07, 6.45) is 5.90. The van der Waals surface area contributed by atoms with Gasteiger partial charge in [-0.2, -0.15) is 0 Å². The molecule has 1 saturated carbocycles. The van der Waals surface area contributed by atoms with Gasteiger partial charge in [0.25, 0.3) is 5.91 Å². The molecule has 1 aliphatic heterocycles. The van der Waals surface area contributed by atoms with Crippen molar-refractivity contribution in [1.29, 1.82) is 0 Å². The molecule has 0 saturated heterocycles. The summed E-state index contributed by atoms with van der Waals surface area (Å²) in [5, 5.41) is 5.28. The molecule has 0 unspecified atom stereocenters. The lowest BCUT2D eigenvalue weighted by atomic mass is 9.86. The van der Waals surface area contributed by atoms with E-state index in [1.165, 1.54) is 0 Å². The third kappa shape index (κ3) is 3.16. The predicted octanol–water partition coefficient (Wildman–Crippen LogP) is 4.41. The highest BCUT2D eigenvalue weighted by Gasteiger charge is 2.48. The number of hydrogen-bond acceptors (Lipinski definition) is 4. The molecule has 0 bridgehead atoms. The number of nitrogens with one attached hydrogen (secondary N) is 1. The zero-order valence-corrected chi connectivity index (χ0v) is 18.2. The standard InChI is InChI=1S/C23H27N3O3S/c1-15-5-7-16(8-6-15)24-22(28)23(2)14-25-18-9-10-29-20(18)12-19(25)21(27)26(23)13-17-4-3-11-30-17/h3-4,9-12,15-16H,5-8,13-14H2,1-2H3,(H,24,28)/t15?,16?,23-/m0/s1. The smallest absolute Gasteiger partial charge is 0.271 e. The van der Waals surface area contributed by atoms with E-state index >= 15 is 0 Å². The molecule has 4 heterocycles. The first kappa shape index (κ1) is 19.4. The fourth-order valence-electron chi connectivity index (χ4n) is 4.82. The van der Waals surface area contributed by atoms with Crippen molar-refractivity contribution < 1.29 is 14.0 Å². The molecule has 3 aromatic rings. The molecular formula is C23H27N3O3S. The molecule has 1 aliphatic carbocycles. The second-order valence-corrected chi connectivity index (χ2v) is 9.99. The lowest BCUT2D eigenvalue weighted by Crippen LogP contribution is -2.64. The largest absolute Gasteiger partial charge is 0.463 e. The van der Waals surface area contributed by atoms with Crippen LogP contribution in [-0.2, 0) is 17.9 Å². The van der Waals surface area contributed by atoms with Gasteiger partial charge in [0, 0.05) is 23.1 Å². The maximum absolute atomic E-state index is 13.6. The van der Waals surface area contributed by atoms with Crippen molar-refractivity contribution in [2.45, 2.75) is 64.2 Å². The van der Waals surface area contributed by atoms with Gasteiger partial charge in [-0.05, 0) is 50.0 Å². The van der Waals surface area contributed by atoms with Crippen molar-refractivity contribution >= 4 is 34.3 Å². The van der Waals surface area contributed by atoms with Crippen LogP contribution >= 0.6 is 11.3 Å². The number of carbonyl (C=O) groups is 2. The average Bonchev–Trinajstić information content (AvgIpc) is 3.45. The van der Waals surface area contributed by atoms with Crippen LogP contribution < -0.4 is 5.32 Å². The number of amides is 2. The van der Waals surface area contributed by atoms with Crippen LogP contribution in [0.15, 0.2) is 40.3 Å². The van der Waals surface area contributed by atoms with E-state index in [2.05, 4.69) is 12.2 Å². The number of rotatable bonds is 4. The van der Waals surface area contributed by atoms with Gasteiger partial charge in [0.15, 0.2) is 5.58 Å². The van der Waals surface area contributed by atoms with Gasteiger partial charge in [-0.15, -0.1) is 11.3 Å². The Labute approximate surface area is 179 Å². The Morgan fingerprint density at radius 1 is 1.30 bits per heavy atom. The first-order chi connectivity index (χ1) is 14.5. The predicted molar refractivity (Wildman–Crippen MR) is 116 cm³/mol. The van der Waals surface area contributed by atoms with E-state index in [1.807, 2.05) is 35.1 Å². The Morgan fingerprint density at radius 2 is 2.10 bits per heavy atom. The number of fused-ring (bicyclic) bond motifs is 3. The van der Waals surface area contributed by atoms with Crippen molar-refractivity contribution in [2.75, 3.05) is 0 Å². The summed E-state index contributed by atoms with van der Waals surface area (Å²) in [6.45, 7) is 5.01. The van der Waals surface area contributed by atoms with E-state index in [4.69, 9.17) is 4.42 Å². The summed E-state index contributed by atoms with van der Waals surface area (Å²) in [4.78, 5) is 30.0. The van der Waals surface area contributed by atoms with Crippen molar-refractivity contribution in [1.82, 2.24) is 14.8 Å². The third-order valence-electron chi connectivity index (χ3n) is 6.78. The monoisotopic (exact) mass is 425 g/mol. The maximum atomic E-state index is 13.6. The van der Waals surface area contributed by atoms with E-state index in [1.54, 1.807) is 28.6 Å². The van der Waals surface area contributed by atoms with Gasteiger partial charge < -0.3 is 19.2 Å². The van der Waals surface area contributed by atoms with Gasteiger partial charge in [-0.1, -0.05) is 13.0 Å². The number of nitrogens with zero attached hydrogens (tertiary/aromatic N) is 2. The first-order valence-electron chi connectivity index (χ1n) is 10.7. The number of aromatic nitrogens is 1. The summed E-state index contributed by atoms with van der Waals surface area (Å²) >= 11 is 1.60. The second-order valence-electron chi connectivity index (χ2n) is 8.96. The van der Waals surface area contributed by atoms with E-state index < -0.39 is 5.54 Å². The molecule has 1 fully saturated rings. The van der Waals surface area contributed by atoms with Crippen molar-refractivity contribution in [3.8, 4) is 0 Å². The molecule has 158 valence electrons.